The van der Waals surface area contributed by atoms with E-state index in [2.05, 4.69) is 22.1 Å². The lowest BCUT2D eigenvalue weighted by molar-refractivity contribution is 0.267. The molecular formula is C17H24N4O. The van der Waals surface area contributed by atoms with Crippen LogP contribution in [0.5, 0.6) is 0 Å². The van der Waals surface area contributed by atoms with E-state index in [1.54, 1.807) is 6.26 Å². The maximum absolute atomic E-state index is 5.99. The summed E-state index contributed by atoms with van der Waals surface area (Å²) in [5.41, 5.74) is 7.95. The summed E-state index contributed by atoms with van der Waals surface area (Å²) in [5, 5.41) is 4.36. The topological polar surface area (TPSA) is 66.8 Å². The fraction of sp³-hybridized carbons (Fsp3) is 0.471. The van der Waals surface area contributed by atoms with Crippen molar-refractivity contribution in [2.45, 2.75) is 32.4 Å². The molecule has 1 saturated heterocycles. The van der Waals surface area contributed by atoms with Gasteiger partial charge in [0.15, 0.2) is 5.96 Å². The van der Waals surface area contributed by atoms with Gasteiger partial charge in [0.1, 0.15) is 5.58 Å². The molecular weight excluding hydrogens is 276 g/mol. The van der Waals surface area contributed by atoms with Gasteiger partial charge in [-0.25, -0.2) is 4.99 Å². The minimum absolute atomic E-state index is 0.508. The van der Waals surface area contributed by atoms with Crippen LogP contribution in [0.1, 0.15) is 25.3 Å². The molecule has 5 heteroatoms. The first-order valence-electron chi connectivity index (χ1n) is 8.01. The monoisotopic (exact) mass is 300 g/mol. The molecule has 5 nitrogen and oxygen atoms in total. The lowest BCUT2D eigenvalue weighted by Crippen LogP contribution is -2.42. The van der Waals surface area contributed by atoms with Gasteiger partial charge in [-0.3, -0.25) is 4.90 Å². The van der Waals surface area contributed by atoms with Crippen molar-refractivity contribution in [3.05, 3.63) is 36.1 Å². The van der Waals surface area contributed by atoms with Gasteiger partial charge in [0.25, 0.3) is 0 Å². The fourth-order valence-corrected chi connectivity index (χ4v) is 3.15. The molecule has 1 aliphatic heterocycles. The Morgan fingerprint density at radius 1 is 1.45 bits per heavy atom. The highest BCUT2D eigenvalue weighted by molar-refractivity contribution is 5.82. The minimum Gasteiger partial charge on any atom is -0.464 e. The van der Waals surface area contributed by atoms with Gasteiger partial charge in [0, 0.05) is 23.5 Å². The fourth-order valence-electron chi connectivity index (χ4n) is 3.15. The third kappa shape index (κ3) is 3.25. The number of likely N-dealkylation sites (N-methyl/N-ethyl adjacent to an activating group) is 1. The average molecular weight is 300 g/mol. The average Bonchev–Trinajstić information content (AvgIpc) is 3.17. The van der Waals surface area contributed by atoms with Crippen LogP contribution in [0.25, 0.3) is 11.0 Å². The summed E-state index contributed by atoms with van der Waals surface area (Å²) in [6.45, 7) is 5.92. The van der Waals surface area contributed by atoms with Gasteiger partial charge < -0.3 is 15.5 Å². The predicted octanol–water partition coefficient (Wildman–Crippen LogP) is 2.32. The maximum atomic E-state index is 5.99. The number of likely N-dealkylation sites (tertiary alicyclic amines) is 1. The molecule has 1 unspecified atom stereocenters. The summed E-state index contributed by atoms with van der Waals surface area (Å²) >= 11 is 0. The third-order valence-electron chi connectivity index (χ3n) is 4.40. The van der Waals surface area contributed by atoms with Gasteiger partial charge in [-0.05, 0) is 32.0 Å². The number of hydrogen-bond donors (Lipinski definition) is 2. The van der Waals surface area contributed by atoms with E-state index in [9.17, 15) is 0 Å². The zero-order chi connectivity index (χ0) is 15.4. The number of nitrogens with two attached hydrogens (primary N) is 1. The Hall–Kier alpha value is -2.01. The molecule has 0 spiro atoms. The van der Waals surface area contributed by atoms with E-state index in [-0.39, 0.29) is 0 Å². The molecule has 0 saturated carbocycles. The van der Waals surface area contributed by atoms with E-state index in [0.717, 1.165) is 29.6 Å². The summed E-state index contributed by atoms with van der Waals surface area (Å²) in [4.78, 5) is 6.92. The van der Waals surface area contributed by atoms with Crippen LogP contribution in [-0.2, 0) is 6.54 Å². The number of furan rings is 1. The highest BCUT2D eigenvalue weighted by Crippen LogP contribution is 2.21. The number of aliphatic imine (C=N–C) groups is 1. The second-order valence-corrected chi connectivity index (χ2v) is 5.76. The van der Waals surface area contributed by atoms with Crippen LogP contribution in [0, 0.1) is 0 Å². The predicted molar refractivity (Wildman–Crippen MR) is 89.8 cm³/mol. The Labute approximate surface area is 131 Å². The van der Waals surface area contributed by atoms with Crippen molar-refractivity contribution in [3.8, 4) is 0 Å². The van der Waals surface area contributed by atoms with Gasteiger partial charge in [0.2, 0.25) is 0 Å². The highest BCUT2D eigenvalue weighted by Gasteiger charge is 2.22. The number of benzene rings is 1. The molecule has 2 aromatic rings. The van der Waals surface area contributed by atoms with E-state index in [4.69, 9.17) is 10.2 Å². The van der Waals surface area contributed by atoms with Crippen molar-refractivity contribution in [1.29, 1.82) is 0 Å². The molecule has 2 heterocycles. The molecule has 1 fully saturated rings. The highest BCUT2D eigenvalue weighted by atomic mass is 16.3. The van der Waals surface area contributed by atoms with Crippen LogP contribution in [-0.4, -0.2) is 36.5 Å². The molecule has 1 aliphatic rings. The summed E-state index contributed by atoms with van der Waals surface area (Å²) in [6.07, 6.45) is 4.27. The Bertz CT molecular complexity index is 649. The normalized spacial score (nSPS) is 19.9. The molecule has 0 radical (unpaired) electrons. The van der Waals surface area contributed by atoms with Crippen LogP contribution >= 0.6 is 0 Å². The van der Waals surface area contributed by atoms with Gasteiger partial charge in [-0.15, -0.1) is 0 Å². The number of nitrogens with one attached hydrogen (secondary N) is 1. The molecule has 3 rings (SSSR count). The number of hydrogen-bond acceptors (Lipinski definition) is 3. The Balaban J connectivity index is 1.56. The minimum atomic E-state index is 0.508. The van der Waals surface area contributed by atoms with Crippen LogP contribution < -0.4 is 11.1 Å². The molecule has 1 aromatic carbocycles. The van der Waals surface area contributed by atoms with Gasteiger partial charge in [-0.2, -0.15) is 0 Å². The maximum Gasteiger partial charge on any atom is 0.188 e. The van der Waals surface area contributed by atoms with Gasteiger partial charge >= 0.3 is 0 Å². The van der Waals surface area contributed by atoms with Crippen LogP contribution in [0.3, 0.4) is 0 Å². The molecule has 1 atom stereocenters. The van der Waals surface area contributed by atoms with E-state index in [1.807, 2.05) is 24.3 Å². The first kappa shape index (κ1) is 14.9. The summed E-state index contributed by atoms with van der Waals surface area (Å²) in [6, 6.07) is 8.56. The lowest BCUT2D eigenvalue weighted by Gasteiger charge is -2.23. The molecule has 1 aromatic heterocycles. The van der Waals surface area contributed by atoms with Crippen molar-refractivity contribution in [2.75, 3.05) is 19.6 Å². The second-order valence-electron chi connectivity index (χ2n) is 5.76. The second kappa shape index (κ2) is 6.83. The SMILES string of the molecule is CCN1CCCC1CNC(N)=NCc1coc2ccccc12. The molecule has 118 valence electrons. The molecule has 3 N–H and O–H groups in total. The molecule has 0 bridgehead atoms. The van der Waals surface area contributed by atoms with E-state index < -0.39 is 0 Å². The summed E-state index contributed by atoms with van der Waals surface area (Å²) < 4.78 is 5.51. The van der Waals surface area contributed by atoms with E-state index in [0.29, 0.717) is 18.5 Å². The zero-order valence-electron chi connectivity index (χ0n) is 13.1. The van der Waals surface area contributed by atoms with Crippen molar-refractivity contribution in [1.82, 2.24) is 10.2 Å². The van der Waals surface area contributed by atoms with Gasteiger partial charge in [0.05, 0.1) is 12.8 Å². The van der Waals surface area contributed by atoms with Gasteiger partial charge in [-0.1, -0.05) is 25.1 Å². The quantitative estimate of drug-likeness (QED) is 0.657. The number of fused-ring (bicyclic) bond motifs is 1. The zero-order valence-corrected chi connectivity index (χ0v) is 13.1. The van der Waals surface area contributed by atoms with Crippen LogP contribution in [0.4, 0.5) is 0 Å². The van der Waals surface area contributed by atoms with E-state index in [1.165, 1.54) is 19.4 Å². The number of para-hydroxylation sites is 1. The lowest BCUT2D eigenvalue weighted by atomic mass is 10.2. The Morgan fingerprint density at radius 3 is 3.18 bits per heavy atom. The van der Waals surface area contributed by atoms with Crippen molar-refractivity contribution >= 4 is 16.9 Å². The number of rotatable bonds is 5. The van der Waals surface area contributed by atoms with Crippen molar-refractivity contribution in [3.63, 3.8) is 0 Å². The van der Waals surface area contributed by atoms with E-state index >= 15 is 0 Å². The number of guanidine groups is 1. The number of nitrogens with zero attached hydrogens (tertiary/aromatic N) is 2. The van der Waals surface area contributed by atoms with Crippen molar-refractivity contribution < 1.29 is 4.42 Å². The van der Waals surface area contributed by atoms with Crippen molar-refractivity contribution in [2.24, 2.45) is 10.7 Å². The summed E-state index contributed by atoms with van der Waals surface area (Å²) in [7, 11) is 0. The molecule has 0 aliphatic carbocycles. The first-order chi connectivity index (χ1) is 10.8. The summed E-state index contributed by atoms with van der Waals surface area (Å²) in [5.74, 6) is 0.508. The van der Waals surface area contributed by atoms with Crippen LogP contribution in [0.15, 0.2) is 39.9 Å². The smallest absolute Gasteiger partial charge is 0.188 e. The molecule has 0 amide bonds. The Morgan fingerprint density at radius 2 is 2.32 bits per heavy atom. The standard InChI is InChI=1S/C17H24N4O/c1-2-21-9-5-6-14(21)11-20-17(18)19-10-13-12-22-16-8-4-3-7-15(13)16/h3-4,7-8,12,14H,2,5-6,9-11H2,1H3,(H3,18,19,20). The first-order valence-corrected chi connectivity index (χ1v) is 8.01. The third-order valence-corrected chi connectivity index (χ3v) is 4.40. The largest absolute Gasteiger partial charge is 0.464 e. The van der Waals surface area contributed by atoms with Crippen LogP contribution in [0.2, 0.25) is 0 Å². The molecule has 22 heavy (non-hydrogen) atoms. The Kier molecular flexibility index (Phi) is 4.63.